The molecule has 1 rings (SSSR count). The molecule has 0 aromatic carbocycles. The number of ether oxygens (including phenoxy) is 1. The zero-order valence-electron chi connectivity index (χ0n) is 10.4. The van der Waals surface area contributed by atoms with Gasteiger partial charge >= 0.3 is 0 Å². The van der Waals surface area contributed by atoms with Crippen LogP contribution < -0.4 is 0 Å². The summed E-state index contributed by atoms with van der Waals surface area (Å²) in [5.74, 6) is 1.65. The molecule has 0 fully saturated rings. The Morgan fingerprint density at radius 3 is 2.40 bits per heavy atom. The van der Waals surface area contributed by atoms with Crippen molar-refractivity contribution in [2.75, 3.05) is 13.7 Å². The second kappa shape index (κ2) is 5.31. The Morgan fingerprint density at radius 1 is 1.33 bits per heavy atom. The van der Waals surface area contributed by atoms with Crippen molar-refractivity contribution in [1.82, 2.24) is 9.55 Å². The third kappa shape index (κ3) is 3.06. The topological polar surface area (TPSA) is 27.1 Å². The highest BCUT2D eigenvalue weighted by Crippen LogP contribution is 2.19. The van der Waals surface area contributed by atoms with E-state index in [4.69, 9.17) is 4.74 Å². The van der Waals surface area contributed by atoms with Crippen molar-refractivity contribution in [3.05, 3.63) is 17.7 Å². The van der Waals surface area contributed by atoms with Crippen LogP contribution in [0, 0.1) is 0 Å². The van der Waals surface area contributed by atoms with Gasteiger partial charge in [0.05, 0.1) is 12.3 Å². The molecule has 3 heteroatoms. The van der Waals surface area contributed by atoms with E-state index in [1.807, 2.05) is 0 Å². The summed E-state index contributed by atoms with van der Waals surface area (Å²) in [6.07, 6.45) is 3.05. The fourth-order valence-corrected chi connectivity index (χ4v) is 1.63. The van der Waals surface area contributed by atoms with Gasteiger partial charge in [0, 0.05) is 31.7 Å². The average molecular weight is 210 g/mol. The lowest BCUT2D eigenvalue weighted by molar-refractivity contribution is 0.201. The Morgan fingerprint density at radius 2 is 2.00 bits per heavy atom. The van der Waals surface area contributed by atoms with Crippen molar-refractivity contribution in [2.24, 2.45) is 0 Å². The molecule has 0 aliphatic heterocycles. The van der Waals surface area contributed by atoms with Crippen LogP contribution in [0.25, 0.3) is 0 Å². The smallest absolute Gasteiger partial charge is 0.111 e. The molecule has 0 saturated heterocycles. The molecule has 0 saturated carbocycles. The number of rotatable bonds is 5. The Hall–Kier alpha value is -0.830. The molecule has 0 N–H and O–H groups in total. The molecule has 15 heavy (non-hydrogen) atoms. The zero-order valence-corrected chi connectivity index (χ0v) is 10.4. The summed E-state index contributed by atoms with van der Waals surface area (Å²) >= 11 is 0. The molecule has 0 atom stereocenters. The molecule has 0 unspecified atom stereocenters. The first kappa shape index (κ1) is 12.2. The molecule has 0 aliphatic rings. The van der Waals surface area contributed by atoms with Crippen molar-refractivity contribution in [2.45, 2.75) is 46.1 Å². The van der Waals surface area contributed by atoms with Crippen LogP contribution in [0.3, 0.4) is 0 Å². The molecule has 0 amide bonds. The van der Waals surface area contributed by atoms with Crippen molar-refractivity contribution in [3.8, 4) is 0 Å². The van der Waals surface area contributed by atoms with Crippen molar-refractivity contribution in [3.63, 3.8) is 0 Å². The normalized spacial score (nSPS) is 11.7. The molecule has 0 radical (unpaired) electrons. The number of hydrogen-bond donors (Lipinski definition) is 0. The average Bonchev–Trinajstić information content (AvgIpc) is 2.58. The van der Waals surface area contributed by atoms with E-state index in [0.29, 0.717) is 12.0 Å². The van der Waals surface area contributed by atoms with E-state index < -0.39 is 0 Å². The Kier molecular flexibility index (Phi) is 4.33. The summed E-state index contributed by atoms with van der Waals surface area (Å²) in [6.45, 7) is 9.48. The second-order valence-electron chi connectivity index (χ2n) is 4.49. The fraction of sp³-hybridized carbons (Fsp3) is 0.750. The summed E-state index contributed by atoms with van der Waals surface area (Å²) in [6, 6.07) is 0.478. The minimum atomic E-state index is 0.476. The SMILES string of the molecule is COCCc1cn(C(C)C)c(C(C)C)n1. The maximum Gasteiger partial charge on any atom is 0.111 e. The van der Waals surface area contributed by atoms with Crippen molar-refractivity contribution in [1.29, 1.82) is 0 Å². The Labute approximate surface area is 92.5 Å². The van der Waals surface area contributed by atoms with Gasteiger partial charge in [0.25, 0.3) is 0 Å². The van der Waals surface area contributed by atoms with Gasteiger partial charge in [-0.05, 0) is 13.8 Å². The molecule has 1 heterocycles. The highest BCUT2D eigenvalue weighted by Gasteiger charge is 2.12. The number of hydrogen-bond acceptors (Lipinski definition) is 2. The molecule has 3 nitrogen and oxygen atoms in total. The third-order valence-corrected chi connectivity index (χ3v) is 2.45. The van der Waals surface area contributed by atoms with Gasteiger partial charge in [0.1, 0.15) is 5.82 Å². The van der Waals surface area contributed by atoms with Gasteiger partial charge in [-0.15, -0.1) is 0 Å². The van der Waals surface area contributed by atoms with Crippen LogP contribution in [0.5, 0.6) is 0 Å². The van der Waals surface area contributed by atoms with Gasteiger partial charge in [-0.3, -0.25) is 0 Å². The van der Waals surface area contributed by atoms with Crippen LogP contribution in [-0.2, 0) is 11.2 Å². The van der Waals surface area contributed by atoms with E-state index in [-0.39, 0.29) is 0 Å². The van der Waals surface area contributed by atoms with Gasteiger partial charge in [0.2, 0.25) is 0 Å². The minimum absolute atomic E-state index is 0.476. The molecule has 86 valence electrons. The molecule has 0 spiro atoms. The number of methoxy groups -OCH3 is 1. The molecule has 0 aliphatic carbocycles. The lowest BCUT2D eigenvalue weighted by Crippen LogP contribution is -2.06. The summed E-state index contributed by atoms with van der Waals surface area (Å²) in [7, 11) is 1.72. The zero-order chi connectivity index (χ0) is 11.4. The van der Waals surface area contributed by atoms with Crippen LogP contribution in [-0.4, -0.2) is 23.3 Å². The van der Waals surface area contributed by atoms with Crippen molar-refractivity contribution >= 4 is 0 Å². The fourth-order valence-electron chi connectivity index (χ4n) is 1.63. The van der Waals surface area contributed by atoms with Crippen LogP contribution in [0.2, 0.25) is 0 Å². The molecule has 0 bridgehead atoms. The first-order valence-electron chi connectivity index (χ1n) is 5.62. The molecule has 1 aromatic rings. The maximum atomic E-state index is 5.07. The number of imidazole rings is 1. The number of nitrogens with zero attached hydrogens (tertiary/aromatic N) is 2. The van der Waals surface area contributed by atoms with Crippen molar-refractivity contribution < 1.29 is 4.74 Å². The highest BCUT2D eigenvalue weighted by atomic mass is 16.5. The van der Waals surface area contributed by atoms with E-state index in [0.717, 1.165) is 18.7 Å². The van der Waals surface area contributed by atoms with Crippen LogP contribution in [0.15, 0.2) is 6.20 Å². The predicted molar refractivity (Wildman–Crippen MR) is 62.3 cm³/mol. The highest BCUT2D eigenvalue weighted by molar-refractivity contribution is 5.08. The lowest BCUT2D eigenvalue weighted by Gasteiger charge is -2.13. The lowest BCUT2D eigenvalue weighted by atomic mass is 10.2. The second-order valence-corrected chi connectivity index (χ2v) is 4.49. The van der Waals surface area contributed by atoms with E-state index in [1.165, 1.54) is 5.82 Å². The van der Waals surface area contributed by atoms with E-state index in [1.54, 1.807) is 7.11 Å². The summed E-state index contributed by atoms with van der Waals surface area (Å²) in [5.41, 5.74) is 1.13. The van der Waals surface area contributed by atoms with E-state index >= 15 is 0 Å². The number of aromatic nitrogens is 2. The Bertz CT molecular complexity index is 277. The summed E-state index contributed by atoms with van der Waals surface area (Å²) in [4.78, 5) is 4.65. The Balaban J connectivity index is 2.88. The largest absolute Gasteiger partial charge is 0.384 e. The van der Waals surface area contributed by atoms with Crippen LogP contribution in [0.4, 0.5) is 0 Å². The van der Waals surface area contributed by atoms with Gasteiger partial charge in [-0.1, -0.05) is 13.8 Å². The quantitative estimate of drug-likeness (QED) is 0.747. The summed E-state index contributed by atoms with van der Waals surface area (Å²) < 4.78 is 7.33. The standard InChI is InChI=1S/C12H22N2O/c1-9(2)12-13-11(6-7-15-5)8-14(12)10(3)4/h8-10H,6-7H2,1-5H3. The first-order valence-corrected chi connectivity index (χ1v) is 5.62. The van der Waals surface area contributed by atoms with Crippen LogP contribution >= 0.6 is 0 Å². The molecular weight excluding hydrogens is 188 g/mol. The van der Waals surface area contributed by atoms with Gasteiger partial charge in [-0.2, -0.15) is 0 Å². The van der Waals surface area contributed by atoms with Gasteiger partial charge < -0.3 is 9.30 Å². The monoisotopic (exact) mass is 210 g/mol. The van der Waals surface area contributed by atoms with Gasteiger partial charge in [-0.25, -0.2) is 4.98 Å². The van der Waals surface area contributed by atoms with E-state index in [9.17, 15) is 0 Å². The van der Waals surface area contributed by atoms with E-state index in [2.05, 4.69) is 43.4 Å². The van der Waals surface area contributed by atoms with Gasteiger partial charge in [0.15, 0.2) is 0 Å². The maximum absolute atomic E-state index is 5.07. The van der Waals surface area contributed by atoms with Crippen LogP contribution in [0.1, 0.15) is 51.2 Å². The minimum Gasteiger partial charge on any atom is -0.384 e. The first-order chi connectivity index (χ1) is 7.06. The summed E-state index contributed by atoms with van der Waals surface area (Å²) in [5, 5.41) is 0. The molecular formula is C12H22N2O. The third-order valence-electron chi connectivity index (χ3n) is 2.45. The predicted octanol–water partition coefficient (Wildman–Crippen LogP) is 2.78. The molecule has 1 aromatic heterocycles.